The minimum absolute atomic E-state index is 0.102. The van der Waals surface area contributed by atoms with E-state index in [0.717, 1.165) is 0 Å². The highest BCUT2D eigenvalue weighted by Crippen LogP contribution is 2.22. The van der Waals surface area contributed by atoms with Crippen molar-refractivity contribution in [2.75, 3.05) is 11.9 Å². The number of para-hydroxylation sites is 2. The first-order valence-electron chi connectivity index (χ1n) is 9.02. The Balaban J connectivity index is 1.54. The number of pyridine rings is 1. The molecule has 0 saturated carbocycles. The average Bonchev–Trinajstić information content (AvgIpc) is 3.22. The summed E-state index contributed by atoms with van der Waals surface area (Å²) in [5.74, 6) is -1.15. The molecule has 0 radical (unpaired) electrons. The van der Waals surface area contributed by atoms with Crippen molar-refractivity contribution in [3.63, 3.8) is 0 Å². The van der Waals surface area contributed by atoms with Crippen molar-refractivity contribution < 1.29 is 14.3 Å². The van der Waals surface area contributed by atoms with E-state index in [1.165, 1.54) is 11.3 Å². The van der Waals surface area contributed by atoms with Crippen LogP contribution >= 0.6 is 11.3 Å². The molecule has 1 amide bonds. The Morgan fingerprint density at radius 2 is 1.67 bits per heavy atom. The van der Waals surface area contributed by atoms with Crippen LogP contribution in [0.2, 0.25) is 0 Å². The van der Waals surface area contributed by atoms with Gasteiger partial charge in [-0.25, -0.2) is 0 Å². The second-order valence-corrected chi connectivity index (χ2v) is 7.35. The van der Waals surface area contributed by atoms with Gasteiger partial charge in [0.2, 0.25) is 0 Å². The van der Waals surface area contributed by atoms with E-state index in [4.69, 9.17) is 10.00 Å². The first-order valence-corrected chi connectivity index (χ1v) is 9.90. The zero-order valence-electron chi connectivity index (χ0n) is 15.6. The Kier molecular flexibility index (Phi) is 5.28. The number of thiophene rings is 1. The van der Waals surface area contributed by atoms with Crippen molar-refractivity contribution in [3.8, 4) is 6.07 Å². The zero-order valence-corrected chi connectivity index (χ0v) is 16.4. The van der Waals surface area contributed by atoms with Gasteiger partial charge in [-0.3, -0.25) is 14.4 Å². The van der Waals surface area contributed by atoms with Gasteiger partial charge in [-0.05, 0) is 35.7 Å². The number of amides is 1. The third kappa shape index (κ3) is 3.66. The lowest BCUT2D eigenvalue weighted by Crippen LogP contribution is -2.24. The standard InChI is InChI=1S/C22H15N3O4S/c23-11-14-9-10-30-22(14)24-19(26)13-29-20(27)12-25-17-7-3-1-5-15(17)21(28)16-6-2-4-8-18(16)25/h1-10H,12-13H2,(H,24,26). The number of esters is 1. The highest BCUT2D eigenvalue weighted by Gasteiger charge is 2.15. The summed E-state index contributed by atoms with van der Waals surface area (Å²) in [5, 5.41) is 14.7. The Bertz CT molecular complexity index is 1320. The maximum Gasteiger partial charge on any atom is 0.326 e. The van der Waals surface area contributed by atoms with Crippen LogP contribution < -0.4 is 10.7 Å². The van der Waals surface area contributed by atoms with E-state index in [2.05, 4.69) is 5.32 Å². The predicted octanol–water partition coefficient (Wildman–Crippen LogP) is 3.27. The lowest BCUT2D eigenvalue weighted by Gasteiger charge is -2.14. The topological polar surface area (TPSA) is 101 Å². The minimum Gasteiger partial charge on any atom is -0.454 e. The number of nitriles is 1. The van der Waals surface area contributed by atoms with Crippen molar-refractivity contribution in [2.45, 2.75) is 6.54 Å². The molecule has 148 valence electrons. The quantitative estimate of drug-likeness (QED) is 0.397. The van der Waals surface area contributed by atoms with Crippen LogP contribution in [0.1, 0.15) is 5.56 Å². The van der Waals surface area contributed by atoms with E-state index in [0.29, 0.717) is 32.4 Å². The maximum atomic E-state index is 12.7. The molecule has 4 aromatic rings. The van der Waals surface area contributed by atoms with Gasteiger partial charge in [-0.1, -0.05) is 24.3 Å². The summed E-state index contributed by atoms with van der Waals surface area (Å²) in [4.78, 5) is 37.3. The van der Waals surface area contributed by atoms with Crippen LogP contribution in [0.4, 0.5) is 5.00 Å². The van der Waals surface area contributed by atoms with Gasteiger partial charge in [0.1, 0.15) is 17.6 Å². The van der Waals surface area contributed by atoms with Crippen molar-refractivity contribution in [2.24, 2.45) is 0 Å². The monoisotopic (exact) mass is 417 g/mol. The van der Waals surface area contributed by atoms with Gasteiger partial charge < -0.3 is 14.6 Å². The molecule has 7 nitrogen and oxygen atoms in total. The fourth-order valence-corrected chi connectivity index (χ4v) is 3.98. The summed E-state index contributed by atoms with van der Waals surface area (Å²) in [6.45, 7) is -0.630. The molecular weight excluding hydrogens is 402 g/mol. The van der Waals surface area contributed by atoms with Gasteiger partial charge in [0.25, 0.3) is 5.91 Å². The van der Waals surface area contributed by atoms with Crippen molar-refractivity contribution in [1.82, 2.24) is 4.57 Å². The van der Waals surface area contributed by atoms with Crippen LogP contribution in [0.25, 0.3) is 21.8 Å². The second kappa shape index (κ2) is 8.19. The molecule has 4 rings (SSSR count). The van der Waals surface area contributed by atoms with E-state index in [1.54, 1.807) is 64.5 Å². The molecule has 0 fully saturated rings. The predicted molar refractivity (Wildman–Crippen MR) is 114 cm³/mol. The number of carbonyl (C=O) groups excluding carboxylic acids is 2. The molecule has 2 aromatic heterocycles. The first-order chi connectivity index (χ1) is 14.6. The molecule has 0 spiro atoms. The molecule has 0 aliphatic rings. The van der Waals surface area contributed by atoms with E-state index in [9.17, 15) is 14.4 Å². The van der Waals surface area contributed by atoms with Crippen LogP contribution in [0.3, 0.4) is 0 Å². The summed E-state index contributed by atoms with van der Waals surface area (Å²) >= 11 is 1.21. The molecule has 0 aliphatic carbocycles. The highest BCUT2D eigenvalue weighted by atomic mass is 32.1. The van der Waals surface area contributed by atoms with Gasteiger partial charge in [-0.2, -0.15) is 5.26 Å². The van der Waals surface area contributed by atoms with Gasteiger partial charge in [0.05, 0.1) is 16.6 Å². The molecule has 30 heavy (non-hydrogen) atoms. The Morgan fingerprint density at radius 3 is 2.30 bits per heavy atom. The number of anilines is 1. The summed E-state index contributed by atoms with van der Waals surface area (Å²) in [7, 11) is 0. The van der Waals surface area contributed by atoms with E-state index < -0.39 is 18.5 Å². The third-order valence-electron chi connectivity index (χ3n) is 4.57. The van der Waals surface area contributed by atoms with Gasteiger partial charge in [0.15, 0.2) is 12.0 Å². The van der Waals surface area contributed by atoms with Crippen molar-refractivity contribution in [3.05, 3.63) is 75.8 Å². The summed E-state index contributed by atoms with van der Waals surface area (Å²) in [6.07, 6.45) is 0. The average molecular weight is 417 g/mol. The first kappa shape index (κ1) is 19.4. The summed E-state index contributed by atoms with van der Waals surface area (Å²) in [6, 6.07) is 17.7. The highest BCUT2D eigenvalue weighted by molar-refractivity contribution is 7.14. The molecule has 0 atom stereocenters. The normalized spacial score (nSPS) is 10.6. The van der Waals surface area contributed by atoms with E-state index in [-0.39, 0.29) is 12.0 Å². The SMILES string of the molecule is N#Cc1ccsc1NC(=O)COC(=O)Cn1c2ccccc2c(=O)c2ccccc21. The second-order valence-electron chi connectivity index (χ2n) is 6.43. The number of fused-ring (bicyclic) bond motifs is 2. The molecule has 0 bridgehead atoms. The maximum absolute atomic E-state index is 12.7. The Hall–Kier alpha value is -3.96. The fourth-order valence-electron chi connectivity index (χ4n) is 3.22. The summed E-state index contributed by atoms with van der Waals surface area (Å²) < 4.78 is 6.84. The van der Waals surface area contributed by atoms with Crippen molar-refractivity contribution >= 4 is 50.0 Å². The number of nitrogens with one attached hydrogen (secondary N) is 1. The number of rotatable bonds is 5. The molecule has 1 N–H and O–H groups in total. The molecule has 2 heterocycles. The molecule has 0 aliphatic heterocycles. The largest absolute Gasteiger partial charge is 0.454 e. The molecular formula is C22H15N3O4S. The number of ether oxygens (including phenoxy) is 1. The number of carbonyl (C=O) groups is 2. The van der Waals surface area contributed by atoms with Crippen LogP contribution in [0, 0.1) is 11.3 Å². The molecule has 0 saturated heterocycles. The molecule has 8 heteroatoms. The molecule has 2 aromatic carbocycles. The number of nitrogens with zero attached hydrogens (tertiary/aromatic N) is 2. The Labute approximate surface area is 174 Å². The van der Waals surface area contributed by atoms with Gasteiger partial charge in [0, 0.05) is 10.8 Å². The van der Waals surface area contributed by atoms with Crippen LogP contribution in [0.5, 0.6) is 0 Å². The van der Waals surface area contributed by atoms with Crippen molar-refractivity contribution in [1.29, 1.82) is 5.26 Å². The smallest absolute Gasteiger partial charge is 0.326 e. The zero-order chi connectivity index (χ0) is 21.1. The van der Waals surface area contributed by atoms with Gasteiger partial charge in [-0.15, -0.1) is 11.3 Å². The van der Waals surface area contributed by atoms with E-state index in [1.807, 2.05) is 6.07 Å². The third-order valence-corrected chi connectivity index (χ3v) is 5.40. The lowest BCUT2D eigenvalue weighted by atomic mass is 10.1. The minimum atomic E-state index is -0.615. The molecule has 0 unspecified atom stereocenters. The lowest BCUT2D eigenvalue weighted by molar-refractivity contribution is -0.147. The number of hydrogen-bond donors (Lipinski definition) is 1. The van der Waals surface area contributed by atoms with Crippen LogP contribution in [0.15, 0.2) is 64.8 Å². The van der Waals surface area contributed by atoms with Crippen LogP contribution in [-0.2, 0) is 20.9 Å². The number of benzene rings is 2. The Morgan fingerprint density at radius 1 is 1.03 bits per heavy atom. The summed E-state index contributed by atoms with van der Waals surface area (Å²) in [5.41, 5.74) is 1.47. The van der Waals surface area contributed by atoms with E-state index >= 15 is 0 Å². The van der Waals surface area contributed by atoms with Crippen LogP contribution in [-0.4, -0.2) is 23.1 Å². The number of aromatic nitrogens is 1. The van der Waals surface area contributed by atoms with Gasteiger partial charge >= 0.3 is 5.97 Å². The number of hydrogen-bond acceptors (Lipinski definition) is 6. The fraction of sp³-hybridized carbons (Fsp3) is 0.0909.